The van der Waals surface area contributed by atoms with Crippen LogP contribution in [0.25, 0.3) is 0 Å². The summed E-state index contributed by atoms with van der Waals surface area (Å²) < 4.78 is 0. The quantitative estimate of drug-likeness (QED) is 0.583. The number of nitriles is 1. The van der Waals surface area contributed by atoms with E-state index in [4.69, 9.17) is 5.26 Å². The van der Waals surface area contributed by atoms with Crippen LogP contribution in [-0.2, 0) is 0 Å². The maximum absolute atomic E-state index is 8.65. The van der Waals surface area contributed by atoms with E-state index < -0.39 is 0 Å². The molecule has 0 saturated carbocycles. The van der Waals surface area contributed by atoms with E-state index in [2.05, 4.69) is 18.7 Å². The number of aryl methyl sites for hydroxylation is 1. The van der Waals surface area contributed by atoms with Crippen LogP contribution in [-0.4, -0.2) is 0 Å². The van der Waals surface area contributed by atoms with Gasteiger partial charge in [0.1, 0.15) is 0 Å². The zero-order chi connectivity index (χ0) is 8.43. The third kappa shape index (κ3) is 1.38. The summed E-state index contributed by atoms with van der Waals surface area (Å²) in [5.74, 6) is 0. The largest absolute Gasteiger partial charge is 0.192 e. The fourth-order valence-electron chi connectivity index (χ4n) is 0.957. The van der Waals surface area contributed by atoms with Crippen LogP contribution in [0.4, 0.5) is 0 Å². The molecule has 0 aliphatic carbocycles. The first-order valence-electron chi connectivity index (χ1n) is 3.36. The molecule has 56 valence electrons. The SMILES string of the molecule is Cc1ccc(C#N)c(C)c1S. The average Bonchev–Trinajstić information content (AvgIpc) is 2.01. The molecular weight excluding hydrogens is 154 g/mol. The van der Waals surface area contributed by atoms with Crippen molar-refractivity contribution in [2.45, 2.75) is 18.7 Å². The molecule has 0 N–H and O–H groups in total. The highest BCUT2D eigenvalue weighted by molar-refractivity contribution is 7.80. The van der Waals surface area contributed by atoms with Gasteiger partial charge in [-0.05, 0) is 31.0 Å². The molecule has 0 fully saturated rings. The summed E-state index contributed by atoms with van der Waals surface area (Å²) >= 11 is 4.28. The molecule has 0 aromatic heterocycles. The van der Waals surface area contributed by atoms with E-state index in [1.54, 1.807) is 0 Å². The molecule has 1 aromatic rings. The minimum absolute atomic E-state index is 0.709. The molecule has 0 aliphatic rings. The predicted octanol–water partition coefficient (Wildman–Crippen LogP) is 2.46. The van der Waals surface area contributed by atoms with Gasteiger partial charge in [0, 0.05) is 4.90 Å². The molecule has 0 amide bonds. The first-order valence-corrected chi connectivity index (χ1v) is 3.81. The van der Waals surface area contributed by atoms with Gasteiger partial charge in [0.15, 0.2) is 0 Å². The predicted molar refractivity (Wildman–Crippen MR) is 47.9 cm³/mol. The van der Waals surface area contributed by atoms with Crippen molar-refractivity contribution in [3.05, 3.63) is 28.8 Å². The second-order valence-corrected chi connectivity index (χ2v) is 2.96. The normalized spacial score (nSPS) is 9.27. The lowest BCUT2D eigenvalue weighted by atomic mass is 10.1. The summed E-state index contributed by atoms with van der Waals surface area (Å²) in [5.41, 5.74) is 2.79. The number of benzene rings is 1. The van der Waals surface area contributed by atoms with Crippen molar-refractivity contribution in [1.82, 2.24) is 0 Å². The molecule has 1 nitrogen and oxygen atoms in total. The molecule has 0 radical (unpaired) electrons. The van der Waals surface area contributed by atoms with Gasteiger partial charge >= 0.3 is 0 Å². The van der Waals surface area contributed by atoms with Gasteiger partial charge in [0.2, 0.25) is 0 Å². The Kier molecular flexibility index (Phi) is 2.21. The standard InChI is InChI=1S/C9H9NS/c1-6-3-4-8(5-10)7(2)9(6)11/h3-4,11H,1-2H3. The summed E-state index contributed by atoms with van der Waals surface area (Å²) in [7, 11) is 0. The van der Waals surface area contributed by atoms with Crippen molar-refractivity contribution >= 4 is 12.6 Å². The molecule has 0 aliphatic heterocycles. The van der Waals surface area contributed by atoms with Gasteiger partial charge in [-0.15, -0.1) is 12.6 Å². The number of rotatable bonds is 0. The first-order chi connectivity index (χ1) is 5.16. The molecule has 0 saturated heterocycles. The van der Waals surface area contributed by atoms with Gasteiger partial charge < -0.3 is 0 Å². The number of nitrogens with zero attached hydrogens (tertiary/aromatic N) is 1. The molecule has 0 bridgehead atoms. The summed E-state index contributed by atoms with van der Waals surface area (Å²) in [6.45, 7) is 3.89. The van der Waals surface area contributed by atoms with E-state index >= 15 is 0 Å². The summed E-state index contributed by atoms with van der Waals surface area (Å²) in [4.78, 5) is 0.920. The third-order valence-corrected chi connectivity index (χ3v) is 2.44. The van der Waals surface area contributed by atoms with E-state index in [1.165, 1.54) is 0 Å². The smallest absolute Gasteiger partial charge is 0.0994 e. The number of hydrogen-bond acceptors (Lipinski definition) is 2. The van der Waals surface area contributed by atoms with E-state index in [0.717, 1.165) is 16.0 Å². The Hall–Kier alpha value is -0.940. The molecule has 1 rings (SSSR count). The van der Waals surface area contributed by atoms with Gasteiger partial charge in [-0.2, -0.15) is 5.26 Å². The van der Waals surface area contributed by atoms with Crippen molar-refractivity contribution in [2.75, 3.05) is 0 Å². The lowest BCUT2D eigenvalue weighted by molar-refractivity contribution is 1.21. The van der Waals surface area contributed by atoms with E-state index in [1.807, 2.05) is 26.0 Å². The second kappa shape index (κ2) is 2.98. The van der Waals surface area contributed by atoms with Crippen molar-refractivity contribution < 1.29 is 0 Å². The minimum Gasteiger partial charge on any atom is -0.192 e. The van der Waals surface area contributed by atoms with E-state index in [0.29, 0.717) is 5.56 Å². The Morgan fingerprint density at radius 3 is 2.55 bits per heavy atom. The Bertz CT molecular complexity index is 323. The molecule has 2 heteroatoms. The molecule has 1 aromatic carbocycles. The highest BCUT2D eigenvalue weighted by atomic mass is 32.1. The average molecular weight is 163 g/mol. The van der Waals surface area contributed by atoms with Gasteiger partial charge in [-0.3, -0.25) is 0 Å². The van der Waals surface area contributed by atoms with Gasteiger partial charge in [-0.25, -0.2) is 0 Å². The lowest BCUT2D eigenvalue weighted by Gasteiger charge is -2.03. The second-order valence-electron chi connectivity index (χ2n) is 2.52. The van der Waals surface area contributed by atoms with Crippen LogP contribution >= 0.6 is 12.6 Å². The van der Waals surface area contributed by atoms with Crippen LogP contribution in [0.1, 0.15) is 16.7 Å². The fraction of sp³-hybridized carbons (Fsp3) is 0.222. The van der Waals surface area contributed by atoms with Gasteiger partial charge in [0.05, 0.1) is 11.6 Å². The zero-order valence-corrected chi connectivity index (χ0v) is 7.44. The maximum Gasteiger partial charge on any atom is 0.0994 e. The Morgan fingerprint density at radius 2 is 2.00 bits per heavy atom. The highest BCUT2D eigenvalue weighted by Gasteiger charge is 2.01. The third-order valence-electron chi connectivity index (χ3n) is 1.75. The number of hydrogen-bond donors (Lipinski definition) is 1. The van der Waals surface area contributed by atoms with Crippen LogP contribution in [0, 0.1) is 25.2 Å². The molecular formula is C9H9NS. The van der Waals surface area contributed by atoms with Crippen LogP contribution in [0.15, 0.2) is 17.0 Å². The Morgan fingerprint density at radius 1 is 1.36 bits per heavy atom. The fourth-order valence-corrected chi connectivity index (χ4v) is 1.15. The van der Waals surface area contributed by atoms with Gasteiger partial charge in [-0.1, -0.05) is 6.07 Å². The minimum atomic E-state index is 0.709. The zero-order valence-electron chi connectivity index (χ0n) is 6.55. The van der Waals surface area contributed by atoms with Crippen LogP contribution in [0.3, 0.4) is 0 Å². The van der Waals surface area contributed by atoms with Crippen LogP contribution in [0.5, 0.6) is 0 Å². The van der Waals surface area contributed by atoms with Crippen molar-refractivity contribution in [3.8, 4) is 6.07 Å². The molecule has 0 atom stereocenters. The van der Waals surface area contributed by atoms with Crippen molar-refractivity contribution in [1.29, 1.82) is 5.26 Å². The van der Waals surface area contributed by atoms with E-state index in [9.17, 15) is 0 Å². The molecule has 0 heterocycles. The molecule has 0 unspecified atom stereocenters. The Labute approximate surface area is 72.1 Å². The molecule has 0 spiro atoms. The number of thiol groups is 1. The van der Waals surface area contributed by atoms with Crippen molar-refractivity contribution in [3.63, 3.8) is 0 Å². The van der Waals surface area contributed by atoms with Gasteiger partial charge in [0.25, 0.3) is 0 Å². The van der Waals surface area contributed by atoms with Crippen LogP contribution in [0.2, 0.25) is 0 Å². The summed E-state index contributed by atoms with van der Waals surface area (Å²) in [6.07, 6.45) is 0. The van der Waals surface area contributed by atoms with Crippen molar-refractivity contribution in [2.24, 2.45) is 0 Å². The lowest BCUT2D eigenvalue weighted by Crippen LogP contribution is -1.86. The molecule has 11 heavy (non-hydrogen) atoms. The highest BCUT2D eigenvalue weighted by Crippen LogP contribution is 2.20. The Balaban J connectivity index is 3.40. The van der Waals surface area contributed by atoms with Crippen LogP contribution < -0.4 is 0 Å². The summed E-state index contributed by atoms with van der Waals surface area (Å²) in [6, 6.07) is 5.85. The first kappa shape index (κ1) is 8.16. The monoisotopic (exact) mass is 163 g/mol. The summed E-state index contributed by atoms with van der Waals surface area (Å²) in [5, 5.41) is 8.65. The van der Waals surface area contributed by atoms with E-state index in [-0.39, 0.29) is 0 Å². The maximum atomic E-state index is 8.65. The topological polar surface area (TPSA) is 23.8 Å².